The fraction of sp³-hybridized carbons (Fsp3) is 0. The van der Waals surface area contributed by atoms with Crippen LogP contribution >= 0.6 is 34.9 Å². The van der Waals surface area contributed by atoms with Gasteiger partial charge in [0.25, 0.3) is 9.05 Å². The van der Waals surface area contributed by atoms with Crippen molar-refractivity contribution in [3.8, 4) is 6.07 Å². The zero-order chi connectivity index (χ0) is 10.9. The summed E-state index contributed by atoms with van der Waals surface area (Å²) in [6, 6.07) is 4.47. The first-order chi connectivity index (χ1) is 6.38. The first-order valence-electron chi connectivity index (χ1n) is 3.24. The number of benzene rings is 1. The Morgan fingerprint density at radius 2 is 2.00 bits per heavy atom. The number of hydrogen-bond acceptors (Lipinski definition) is 4. The minimum absolute atomic E-state index is 0.0451. The summed E-state index contributed by atoms with van der Waals surface area (Å²) < 4.78 is 22.1. The van der Waals surface area contributed by atoms with E-state index in [4.69, 9.17) is 27.5 Å². The molecule has 0 spiro atoms. The lowest BCUT2D eigenvalue weighted by Crippen LogP contribution is -1.95. The van der Waals surface area contributed by atoms with Crippen LogP contribution < -0.4 is 0 Å². The molecule has 0 aliphatic heterocycles. The molecule has 14 heavy (non-hydrogen) atoms. The molecule has 0 saturated carbocycles. The van der Waals surface area contributed by atoms with Gasteiger partial charge in [0.2, 0.25) is 0 Å². The minimum Gasteiger partial charge on any atom is -0.207 e. The number of nitrogens with zero attached hydrogens (tertiary/aromatic N) is 1. The average Bonchev–Trinajstić information content (AvgIpc) is 2.02. The lowest BCUT2D eigenvalue weighted by molar-refractivity contribution is 0.608. The van der Waals surface area contributed by atoms with Crippen molar-refractivity contribution in [1.82, 2.24) is 0 Å². The van der Waals surface area contributed by atoms with Gasteiger partial charge >= 0.3 is 0 Å². The van der Waals surface area contributed by atoms with E-state index < -0.39 is 9.05 Å². The smallest absolute Gasteiger partial charge is 0.207 e. The van der Waals surface area contributed by atoms with Gasteiger partial charge in [0, 0.05) is 15.6 Å². The Morgan fingerprint density at radius 3 is 2.43 bits per heavy atom. The zero-order valence-corrected chi connectivity index (χ0v) is 9.75. The van der Waals surface area contributed by atoms with Gasteiger partial charge in [0.05, 0.1) is 10.6 Å². The van der Waals surface area contributed by atoms with Crippen LogP contribution in [0.1, 0.15) is 5.56 Å². The van der Waals surface area contributed by atoms with Crippen LogP contribution in [0.2, 0.25) is 5.02 Å². The van der Waals surface area contributed by atoms with E-state index in [9.17, 15) is 8.42 Å². The Labute approximate surface area is 96.1 Å². The van der Waals surface area contributed by atoms with Crippen molar-refractivity contribution >= 4 is 44.0 Å². The molecule has 1 aromatic rings. The van der Waals surface area contributed by atoms with Crippen molar-refractivity contribution in [3.05, 3.63) is 22.7 Å². The van der Waals surface area contributed by atoms with E-state index in [1.807, 2.05) is 0 Å². The standard InChI is InChI=1S/C7H3Cl2NO2S2/c8-6-4(3-10)1-2-5(13)7(6)14(9,11)12/h1-2,13H. The molecule has 0 amide bonds. The fourth-order valence-electron chi connectivity index (χ4n) is 0.864. The molecule has 7 heteroatoms. The Balaban J connectivity index is 3.68. The summed E-state index contributed by atoms with van der Waals surface area (Å²) in [5.74, 6) is 0. The molecular weight excluding hydrogens is 265 g/mol. The molecule has 0 fully saturated rings. The van der Waals surface area contributed by atoms with Crippen LogP contribution in [-0.4, -0.2) is 8.42 Å². The third kappa shape index (κ3) is 2.15. The second-order valence-electron chi connectivity index (χ2n) is 2.33. The van der Waals surface area contributed by atoms with Crippen molar-refractivity contribution in [2.24, 2.45) is 0 Å². The van der Waals surface area contributed by atoms with Gasteiger partial charge in [-0.3, -0.25) is 0 Å². The van der Waals surface area contributed by atoms with Crippen molar-refractivity contribution in [3.63, 3.8) is 0 Å². The predicted molar refractivity (Wildman–Crippen MR) is 56.5 cm³/mol. The highest BCUT2D eigenvalue weighted by atomic mass is 35.7. The molecule has 1 rings (SSSR count). The first kappa shape index (κ1) is 11.7. The van der Waals surface area contributed by atoms with E-state index >= 15 is 0 Å². The molecule has 0 saturated heterocycles. The van der Waals surface area contributed by atoms with E-state index in [2.05, 4.69) is 12.6 Å². The summed E-state index contributed by atoms with van der Waals surface area (Å²) in [5, 5.41) is 8.40. The van der Waals surface area contributed by atoms with E-state index in [1.165, 1.54) is 12.1 Å². The topological polar surface area (TPSA) is 57.9 Å². The van der Waals surface area contributed by atoms with Gasteiger partial charge in [-0.1, -0.05) is 11.6 Å². The molecule has 0 unspecified atom stereocenters. The Bertz CT molecular complexity index is 519. The van der Waals surface area contributed by atoms with Crippen LogP contribution in [0.25, 0.3) is 0 Å². The normalized spacial score (nSPS) is 11.0. The molecular formula is C7H3Cl2NO2S2. The van der Waals surface area contributed by atoms with Crippen LogP contribution in [0.4, 0.5) is 0 Å². The maximum absolute atomic E-state index is 11.1. The fourth-order valence-corrected chi connectivity index (χ4v) is 3.39. The van der Waals surface area contributed by atoms with Crippen LogP contribution in [0, 0.1) is 11.3 Å². The molecule has 0 atom stereocenters. The van der Waals surface area contributed by atoms with Gasteiger partial charge in [-0.25, -0.2) is 8.42 Å². The molecule has 0 aromatic heterocycles. The highest BCUT2D eigenvalue weighted by molar-refractivity contribution is 8.14. The van der Waals surface area contributed by atoms with Crippen molar-refractivity contribution in [1.29, 1.82) is 5.26 Å². The first-order valence-corrected chi connectivity index (χ1v) is 6.37. The Kier molecular flexibility index (Phi) is 3.32. The average molecular weight is 268 g/mol. The predicted octanol–water partition coefficient (Wildman–Crippen LogP) is 2.43. The highest BCUT2D eigenvalue weighted by Gasteiger charge is 2.20. The zero-order valence-electron chi connectivity index (χ0n) is 6.53. The maximum Gasteiger partial charge on any atom is 0.263 e. The molecule has 0 aliphatic carbocycles. The SMILES string of the molecule is N#Cc1ccc(S)c(S(=O)(=O)Cl)c1Cl. The molecule has 74 valence electrons. The molecule has 1 aromatic carbocycles. The molecule has 0 bridgehead atoms. The third-order valence-corrected chi connectivity index (χ3v) is 3.84. The second-order valence-corrected chi connectivity index (χ2v) is 5.69. The number of nitriles is 1. The monoisotopic (exact) mass is 267 g/mol. The molecule has 0 radical (unpaired) electrons. The van der Waals surface area contributed by atoms with Crippen molar-refractivity contribution in [2.45, 2.75) is 9.79 Å². The maximum atomic E-state index is 11.1. The van der Waals surface area contributed by atoms with Gasteiger partial charge in [0.1, 0.15) is 11.0 Å². The number of thiol groups is 1. The number of hydrogen-bond donors (Lipinski definition) is 1. The summed E-state index contributed by atoms with van der Waals surface area (Å²) in [5.41, 5.74) is 0.0451. The Hall–Kier alpha value is -0.410. The van der Waals surface area contributed by atoms with E-state index in [0.29, 0.717) is 0 Å². The van der Waals surface area contributed by atoms with Gasteiger partial charge in [-0.2, -0.15) is 5.26 Å². The van der Waals surface area contributed by atoms with Gasteiger partial charge in [0.15, 0.2) is 0 Å². The summed E-state index contributed by atoms with van der Waals surface area (Å²) in [6.45, 7) is 0. The molecule has 0 heterocycles. The van der Waals surface area contributed by atoms with Gasteiger partial charge in [-0.15, -0.1) is 12.6 Å². The van der Waals surface area contributed by atoms with Crippen LogP contribution in [0.3, 0.4) is 0 Å². The van der Waals surface area contributed by atoms with Gasteiger partial charge in [-0.05, 0) is 12.1 Å². The molecule has 0 aliphatic rings. The second kappa shape index (κ2) is 3.99. The van der Waals surface area contributed by atoms with E-state index in [0.717, 1.165) is 0 Å². The van der Waals surface area contributed by atoms with Crippen molar-refractivity contribution < 1.29 is 8.42 Å². The van der Waals surface area contributed by atoms with Crippen LogP contribution in [-0.2, 0) is 9.05 Å². The third-order valence-electron chi connectivity index (χ3n) is 1.44. The summed E-state index contributed by atoms with van der Waals surface area (Å²) >= 11 is 9.55. The Morgan fingerprint density at radius 1 is 1.43 bits per heavy atom. The molecule has 0 N–H and O–H groups in total. The quantitative estimate of drug-likeness (QED) is 0.628. The summed E-state index contributed by atoms with van der Waals surface area (Å²) in [4.78, 5) is -0.216. The molecule has 3 nitrogen and oxygen atoms in total. The largest absolute Gasteiger partial charge is 0.263 e. The van der Waals surface area contributed by atoms with Crippen molar-refractivity contribution in [2.75, 3.05) is 0 Å². The van der Waals surface area contributed by atoms with Crippen LogP contribution in [0.5, 0.6) is 0 Å². The van der Waals surface area contributed by atoms with E-state index in [1.54, 1.807) is 6.07 Å². The van der Waals surface area contributed by atoms with E-state index in [-0.39, 0.29) is 20.4 Å². The lowest BCUT2D eigenvalue weighted by atomic mass is 10.2. The minimum atomic E-state index is -3.98. The summed E-state index contributed by atoms with van der Waals surface area (Å²) in [6.07, 6.45) is 0. The number of halogens is 2. The van der Waals surface area contributed by atoms with Crippen LogP contribution in [0.15, 0.2) is 21.9 Å². The number of rotatable bonds is 1. The lowest BCUT2D eigenvalue weighted by Gasteiger charge is -2.04. The summed E-state index contributed by atoms with van der Waals surface area (Å²) in [7, 11) is 1.14. The highest BCUT2D eigenvalue weighted by Crippen LogP contribution is 2.32. The van der Waals surface area contributed by atoms with Gasteiger partial charge < -0.3 is 0 Å².